The zero-order valence-corrected chi connectivity index (χ0v) is 20.8. The second-order valence-corrected chi connectivity index (χ2v) is 10.4. The van der Waals surface area contributed by atoms with Gasteiger partial charge in [0.1, 0.15) is 5.52 Å². The fourth-order valence-electron chi connectivity index (χ4n) is 4.65. The third-order valence-electron chi connectivity index (χ3n) is 6.61. The predicted octanol–water partition coefficient (Wildman–Crippen LogP) is 5.03. The Morgan fingerprint density at radius 1 is 1.14 bits per heavy atom. The first-order chi connectivity index (χ1) is 16.8. The molecule has 182 valence electrons. The van der Waals surface area contributed by atoms with Crippen molar-refractivity contribution in [3.8, 4) is 0 Å². The summed E-state index contributed by atoms with van der Waals surface area (Å²) in [6.45, 7) is 10.2. The van der Waals surface area contributed by atoms with Gasteiger partial charge in [-0.1, -0.05) is 32.9 Å². The Kier molecular flexibility index (Phi) is 5.96. The first-order valence-corrected chi connectivity index (χ1v) is 12.2. The van der Waals surface area contributed by atoms with Crippen molar-refractivity contribution in [2.75, 3.05) is 23.3 Å². The van der Waals surface area contributed by atoms with Crippen LogP contribution in [0.1, 0.15) is 55.2 Å². The van der Waals surface area contributed by atoms with Crippen LogP contribution in [0.25, 0.3) is 11.0 Å². The molecule has 3 heterocycles. The number of rotatable bonds is 5. The minimum Gasteiger partial charge on any atom is -0.369 e. The SMILES string of the molecule is Cc1cc(Nc2cc(N3CCCC(NC(=O)c4ccc(C(C)(C)C)cc4)C3)cc3[nH]cnc23)n[nH]1. The number of imidazole rings is 1. The highest BCUT2D eigenvalue weighted by molar-refractivity contribution is 5.95. The van der Waals surface area contributed by atoms with Crippen molar-refractivity contribution in [1.82, 2.24) is 25.5 Å². The number of carbonyl (C=O) groups is 1. The Hall–Kier alpha value is -3.81. The highest BCUT2D eigenvalue weighted by atomic mass is 16.1. The topological polar surface area (TPSA) is 102 Å². The molecule has 1 atom stereocenters. The number of amides is 1. The average Bonchev–Trinajstić information content (AvgIpc) is 3.47. The molecule has 1 unspecified atom stereocenters. The van der Waals surface area contributed by atoms with Gasteiger partial charge in [-0.05, 0) is 55.0 Å². The Labute approximate surface area is 205 Å². The average molecular weight is 472 g/mol. The maximum absolute atomic E-state index is 13.0. The molecule has 4 N–H and O–H groups in total. The maximum atomic E-state index is 13.0. The monoisotopic (exact) mass is 471 g/mol. The number of hydrogen-bond donors (Lipinski definition) is 4. The second-order valence-electron chi connectivity index (χ2n) is 10.4. The third kappa shape index (κ3) is 5.01. The number of aryl methyl sites for hydroxylation is 1. The van der Waals surface area contributed by atoms with Gasteiger partial charge in [-0.2, -0.15) is 5.10 Å². The van der Waals surface area contributed by atoms with Crippen LogP contribution in [0.3, 0.4) is 0 Å². The fourth-order valence-corrected chi connectivity index (χ4v) is 4.65. The molecule has 1 amide bonds. The summed E-state index contributed by atoms with van der Waals surface area (Å²) in [6.07, 6.45) is 3.68. The predicted molar refractivity (Wildman–Crippen MR) is 141 cm³/mol. The largest absolute Gasteiger partial charge is 0.369 e. The van der Waals surface area contributed by atoms with Crippen LogP contribution in [0.15, 0.2) is 48.8 Å². The van der Waals surface area contributed by atoms with Crippen LogP contribution in [-0.4, -0.2) is 45.2 Å². The third-order valence-corrected chi connectivity index (χ3v) is 6.61. The molecule has 0 spiro atoms. The van der Waals surface area contributed by atoms with Crippen molar-refractivity contribution >= 4 is 34.1 Å². The quantitative estimate of drug-likeness (QED) is 0.327. The normalized spacial score (nSPS) is 16.5. The second kappa shape index (κ2) is 9.09. The van der Waals surface area contributed by atoms with Gasteiger partial charge >= 0.3 is 0 Å². The maximum Gasteiger partial charge on any atom is 0.251 e. The Morgan fingerprint density at radius 3 is 2.66 bits per heavy atom. The zero-order chi connectivity index (χ0) is 24.6. The van der Waals surface area contributed by atoms with Crippen molar-refractivity contribution in [3.05, 3.63) is 65.6 Å². The summed E-state index contributed by atoms with van der Waals surface area (Å²) in [4.78, 5) is 23.0. The molecule has 2 aromatic carbocycles. The molecule has 8 heteroatoms. The summed E-state index contributed by atoms with van der Waals surface area (Å²) in [6, 6.07) is 14.2. The molecule has 35 heavy (non-hydrogen) atoms. The number of aromatic nitrogens is 4. The van der Waals surface area contributed by atoms with Gasteiger partial charge in [-0.25, -0.2) is 4.98 Å². The van der Waals surface area contributed by atoms with E-state index >= 15 is 0 Å². The van der Waals surface area contributed by atoms with Crippen LogP contribution >= 0.6 is 0 Å². The number of fused-ring (bicyclic) bond motifs is 1. The van der Waals surface area contributed by atoms with Crippen molar-refractivity contribution in [1.29, 1.82) is 0 Å². The van der Waals surface area contributed by atoms with Crippen LogP contribution in [0.5, 0.6) is 0 Å². The number of nitrogens with one attached hydrogen (secondary N) is 4. The smallest absolute Gasteiger partial charge is 0.251 e. The minimum absolute atomic E-state index is 0.0161. The molecular formula is C27H33N7O. The zero-order valence-electron chi connectivity index (χ0n) is 20.8. The van der Waals surface area contributed by atoms with Gasteiger partial charge < -0.3 is 20.5 Å². The Balaban J connectivity index is 1.31. The van der Waals surface area contributed by atoms with Gasteiger partial charge in [0.2, 0.25) is 0 Å². The summed E-state index contributed by atoms with van der Waals surface area (Å²) < 4.78 is 0. The van der Waals surface area contributed by atoms with E-state index < -0.39 is 0 Å². The van der Waals surface area contributed by atoms with E-state index in [-0.39, 0.29) is 17.4 Å². The molecule has 8 nitrogen and oxygen atoms in total. The summed E-state index contributed by atoms with van der Waals surface area (Å²) in [5.74, 6) is 0.739. The summed E-state index contributed by atoms with van der Waals surface area (Å²) in [7, 11) is 0. The molecule has 0 saturated carbocycles. The molecule has 1 aliphatic heterocycles. The number of anilines is 3. The van der Waals surface area contributed by atoms with E-state index in [0.29, 0.717) is 5.56 Å². The van der Waals surface area contributed by atoms with Gasteiger partial charge in [0, 0.05) is 42.1 Å². The lowest BCUT2D eigenvalue weighted by atomic mass is 9.86. The highest BCUT2D eigenvalue weighted by Gasteiger charge is 2.24. The van der Waals surface area contributed by atoms with Crippen molar-refractivity contribution in [2.24, 2.45) is 0 Å². The molecule has 2 aromatic heterocycles. The summed E-state index contributed by atoms with van der Waals surface area (Å²) in [5.41, 5.74) is 6.80. The number of nitrogens with zero attached hydrogens (tertiary/aromatic N) is 3. The van der Waals surface area contributed by atoms with E-state index in [4.69, 9.17) is 0 Å². The summed E-state index contributed by atoms with van der Waals surface area (Å²) >= 11 is 0. The van der Waals surface area contributed by atoms with Crippen LogP contribution in [0.2, 0.25) is 0 Å². The molecule has 5 rings (SSSR count). The molecule has 1 aliphatic rings. The molecule has 1 fully saturated rings. The fraction of sp³-hybridized carbons (Fsp3) is 0.370. The lowest BCUT2D eigenvalue weighted by molar-refractivity contribution is 0.0933. The van der Waals surface area contributed by atoms with Crippen LogP contribution in [0.4, 0.5) is 17.2 Å². The molecule has 0 radical (unpaired) electrons. The highest BCUT2D eigenvalue weighted by Crippen LogP contribution is 2.31. The van der Waals surface area contributed by atoms with E-state index in [1.807, 2.05) is 25.1 Å². The van der Waals surface area contributed by atoms with Crippen LogP contribution in [-0.2, 0) is 5.41 Å². The first kappa shape index (κ1) is 23.0. The lowest BCUT2D eigenvalue weighted by Crippen LogP contribution is -2.47. The van der Waals surface area contributed by atoms with E-state index in [2.05, 4.69) is 80.7 Å². The van der Waals surface area contributed by atoms with Gasteiger partial charge in [0.05, 0.1) is 17.5 Å². The van der Waals surface area contributed by atoms with Gasteiger partial charge in [0.15, 0.2) is 5.82 Å². The van der Waals surface area contributed by atoms with E-state index in [9.17, 15) is 4.79 Å². The van der Waals surface area contributed by atoms with Gasteiger partial charge in [-0.3, -0.25) is 9.89 Å². The number of hydrogen-bond acceptors (Lipinski definition) is 5. The first-order valence-electron chi connectivity index (χ1n) is 12.2. The number of benzene rings is 2. The molecule has 4 aromatic rings. The van der Waals surface area contributed by atoms with Crippen LogP contribution < -0.4 is 15.5 Å². The number of piperidine rings is 1. The van der Waals surface area contributed by atoms with Crippen molar-refractivity contribution in [3.63, 3.8) is 0 Å². The minimum atomic E-state index is -0.0161. The Bertz CT molecular complexity index is 1330. The molecular weight excluding hydrogens is 438 g/mol. The van der Waals surface area contributed by atoms with Crippen LogP contribution in [0, 0.1) is 6.92 Å². The van der Waals surface area contributed by atoms with Crippen molar-refractivity contribution in [2.45, 2.75) is 52.0 Å². The van der Waals surface area contributed by atoms with Gasteiger partial charge in [-0.15, -0.1) is 0 Å². The Morgan fingerprint density at radius 2 is 1.94 bits per heavy atom. The van der Waals surface area contributed by atoms with E-state index in [1.165, 1.54) is 5.56 Å². The summed E-state index contributed by atoms with van der Waals surface area (Å²) in [5, 5.41) is 13.9. The van der Waals surface area contributed by atoms with Gasteiger partial charge in [0.25, 0.3) is 5.91 Å². The number of aromatic amines is 2. The molecule has 1 saturated heterocycles. The number of H-pyrrole nitrogens is 2. The van der Waals surface area contributed by atoms with Crippen molar-refractivity contribution < 1.29 is 4.79 Å². The lowest BCUT2D eigenvalue weighted by Gasteiger charge is -2.35. The van der Waals surface area contributed by atoms with E-state index in [0.717, 1.165) is 59.9 Å². The molecule has 0 bridgehead atoms. The standard InChI is InChI=1S/C27H33N7O/c1-17-12-24(33-32-17)31-23-14-21(13-22-25(23)29-16-28-22)34-11-5-6-20(15-34)30-26(35)18-7-9-19(10-8-18)27(2,3)4/h7-10,12-14,16,20H,5-6,11,15H2,1-4H3,(H,28,29)(H,30,35)(H2,31,32,33). The van der Waals surface area contributed by atoms with E-state index in [1.54, 1.807) is 6.33 Å². The number of carbonyl (C=O) groups excluding carboxylic acids is 1. The molecule has 0 aliphatic carbocycles.